The molecule has 1 aliphatic heterocycles. The van der Waals surface area contributed by atoms with Gasteiger partial charge in [0, 0.05) is 17.3 Å². The first-order valence-electron chi connectivity index (χ1n) is 8.42. The first-order chi connectivity index (χ1) is 12.5. The molecule has 0 unspecified atom stereocenters. The summed E-state index contributed by atoms with van der Waals surface area (Å²) in [6, 6.07) is 12.8. The highest BCUT2D eigenvalue weighted by molar-refractivity contribution is 6.31. The van der Waals surface area contributed by atoms with Gasteiger partial charge in [0.1, 0.15) is 6.04 Å². The second-order valence-corrected chi connectivity index (χ2v) is 6.86. The van der Waals surface area contributed by atoms with Crippen molar-refractivity contribution < 1.29 is 14.3 Å². The molecule has 26 heavy (non-hydrogen) atoms. The SMILES string of the molecule is COC(=O)[C@@H]1Cc2ccccc2CN1CC(=O)Nc1cc(Cl)ccc1C. The van der Waals surface area contributed by atoms with Crippen molar-refractivity contribution in [2.75, 3.05) is 19.0 Å². The molecule has 0 fully saturated rings. The number of fused-ring (bicyclic) bond motifs is 1. The molecule has 0 bridgehead atoms. The summed E-state index contributed by atoms with van der Waals surface area (Å²) in [6.45, 7) is 2.53. The Morgan fingerprint density at radius 1 is 1.23 bits per heavy atom. The minimum absolute atomic E-state index is 0.0973. The molecule has 1 aliphatic rings. The molecule has 1 heterocycles. The van der Waals surface area contributed by atoms with Crippen LogP contribution in [0, 0.1) is 6.92 Å². The molecule has 2 aromatic rings. The molecule has 0 saturated heterocycles. The molecule has 0 aromatic heterocycles. The van der Waals surface area contributed by atoms with Gasteiger partial charge < -0.3 is 10.1 Å². The van der Waals surface area contributed by atoms with E-state index >= 15 is 0 Å². The minimum atomic E-state index is -0.471. The van der Waals surface area contributed by atoms with Crippen LogP contribution in [0.25, 0.3) is 0 Å². The Hall–Kier alpha value is -2.37. The number of anilines is 1. The topological polar surface area (TPSA) is 58.6 Å². The summed E-state index contributed by atoms with van der Waals surface area (Å²) >= 11 is 6.01. The van der Waals surface area contributed by atoms with Gasteiger partial charge in [-0.25, -0.2) is 0 Å². The van der Waals surface area contributed by atoms with E-state index in [-0.39, 0.29) is 18.4 Å². The molecule has 6 heteroatoms. The van der Waals surface area contributed by atoms with Gasteiger partial charge in [0.25, 0.3) is 0 Å². The van der Waals surface area contributed by atoms with Crippen LogP contribution in [0.1, 0.15) is 16.7 Å². The number of hydrogen-bond acceptors (Lipinski definition) is 4. The maximum atomic E-state index is 12.6. The van der Waals surface area contributed by atoms with Crippen molar-refractivity contribution in [1.29, 1.82) is 0 Å². The standard InChI is InChI=1S/C20H21ClN2O3/c1-13-7-8-16(21)10-17(13)22-19(24)12-23-11-15-6-4-3-5-14(15)9-18(23)20(25)26-2/h3-8,10,18H,9,11-12H2,1-2H3,(H,22,24)/t18-/m0/s1. The number of hydrogen-bond donors (Lipinski definition) is 1. The molecule has 0 saturated carbocycles. The number of amides is 1. The molecule has 0 aliphatic carbocycles. The summed E-state index contributed by atoms with van der Waals surface area (Å²) in [5.74, 6) is -0.519. The summed E-state index contributed by atoms with van der Waals surface area (Å²) < 4.78 is 4.94. The van der Waals surface area contributed by atoms with E-state index in [2.05, 4.69) is 5.32 Å². The third-order valence-corrected chi connectivity index (χ3v) is 4.87. The van der Waals surface area contributed by atoms with Crippen LogP contribution in [0.4, 0.5) is 5.69 Å². The number of nitrogens with zero attached hydrogens (tertiary/aromatic N) is 1. The third kappa shape index (κ3) is 4.06. The molecule has 1 N–H and O–H groups in total. The second kappa shape index (κ2) is 7.89. The number of methoxy groups -OCH3 is 1. The molecule has 1 atom stereocenters. The summed E-state index contributed by atoms with van der Waals surface area (Å²) in [4.78, 5) is 26.6. The second-order valence-electron chi connectivity index (χ2n) is 6.42. The number of esters is 1. The van der Waals surface area contributed by atoms with Gasteiger partial charge >= 0.3 is 5.97 Å². The maximum absolute atomic E-state index is 12.6. The maximum Gasteiger partial charge on any atom is 0.323 e. The predicted octanol–water partition coefficient (Wildman–Crippen LogP) is 3.19. The lowest BCUT2D eigenvalue weighted by molar-refractivity contribution is -0.148. The summed E-state index contributed by atoms with van der Waals surface area (Å²) in [7, 11) is 1.37. The van der Waals surface area contributed by atoms with E-state index in [1.54, 1.807) is 12.1 Å². The van der Waals surface area contributed by atoms with E-state index in [1.807, 2.05) is 42.2 Å². The van der Waals surface area contributed by atoms with Crippen molar-refractivity contribution in [2.24, 2.45) is 0 Å². The fourth-order valence-corrected chi connectivity index (χ4v) is 3.39. The van der Waals surface area contributed by atoms with E-state index in [0.717, 1.165) is 16.7 Å². The summed E-state index contributed by atoms with van der Waals surface area (Å²) in [6.07, 6.45) is 0.534. The van der Waals surface area contributed by atoms with Crippen LogP contribution in [-0.2, 0) is 27.3 Å². The first-order valence-corrected chi connectivity index (χ1v) is 8.80. The molecule has 0 spiro atoms. The average molecular weight is 373 g/mol. The molecular weight excluding hydrogens is 352 g/mol. The Labute approximate surface area is 157 Å². The number of rotatable bonds is 4. The van der Waals surface area contributed by atoms with Crippen molar-refractivity contribution >= 4 is 29.2 Å². The third-order valence-electron chi connectivity index (χ3n) is 4.64. The van der Waals surface area contributed by atoms with Gasteiger partial charge in [-0.15, -0.1) is 0 Å². The van der Waals surface area contributed by atoms with Crippen LogP contribution in [0.2, 0.25) is 5.02 Å². The van der Waals surface area contributed by atoms with Gasteiger partial charge in [-0.2, -0.15) is 0 Å². The van der Waals surface area contributed by atoms with E-state index < -0.39 is 6.04 Å². The summed E-state index contributed by atoms with van der Waals surface area (Å²) in [5.41, 5.74) is 3.84. The Balaban J connectivity index is 1.76. The number of ether oxygens (including phenoxy) is 1. The molecule has 2 aromatic carbocycles. The van der Waals surface area contributed by atoms with Gasteiger partial charge in [-0.3, -0.25) is 14.5 Å². The Morgan fingerprint density at radius 3 is 2.69 bits per heavy atom. The van der Waals surface area contributed by atoms with Crippen molar-refractivity contribution in [3.8, 4) is 0 Å². The van der Waals surface area contributed by atoms with Gasteiger partial charge in [0.2, 0.25) is 5.91 Å². The number of aryl methyl sites for hydroxylation is 1. The van der Waals surface area contributed by atoms with Crippen molar-refractivity contribution in [2.45, 2.75) is 25.9 Å². The number of nitrogens with one attached hydrogen (secondary N) is 1. The fraction of sp³-hybridized carbons (Fsp3) is 0.300. The number of benzene rings is 2. The predicted molar refractivity (Wildman–Crippen MR) is 101 cm³/mol. The Morgan fingerprint density at radius 2 is 1.96 bits per heavy atom. The monoisotopic (exact) mass is 372 g/mol. The quantitative estimate of drug-likeness (QED) is 0.837. The molecule has 1 amide bonds. The highest BCUT2D eigenvalue weighted by Crippen LogP contribution is 2.24. The minimum Gasteiger partial charge on any atom is -0.468 e. The molecule has 5 nitrogen and oxygen atoms in total. The zero-order chi connectivity index (χ0) is 18.7. The molecule has 3 rings (SSSR count). The van der Waals surface area contributed by atoms with Crippen molar-refractivity contribution in [1.82, 2.24) is 4.90 Å². The fourth-order valence-electron chi connectivity index (χ4n) is 3.21. The highest BCUT2D eigenvalue weighted by Gasteiger charge is 2.33. The number of carbonyl (C=O) groups excluding carboxylic acids is 2. The smallest absolute Gasteiger partial charge is 0.323 e. The van der Waals surface area contributed by atoms with Crippen LogP contribution in [-0.4, -0.2) is 36.5 Å². The zero-order valence-electron chi connectivity index (χ0n) is 14.8. The molecule has 0 radical (unpaired) electrons. The van der Waals surface area contributed by atoms with Crippen LogP contribution >= 0.6 is 11.6 Å². The largest absolute Gasteiger partial charge is 0.468 e. The Bertz CT molecular complexity index is 838. The summed E-state index contributed by atoms with van der Waals surface area (Å²) in [5, 5.41) is 3.44. The normalized spacial score (nSPS) is 16.7. The van der Waals surface area contributed by atoms with Gasteiger partial charge in [-0.05, 0) is 42.2 Å². The Kier molecular flexibility index (Phi) is 5.59. The zero-order valence-corrected chi connectivity index (χ0v) is 15.5. The molecule has 136 valence electrons. The first kappa shape index (κ1) is 18.4. The van der Waals surface area contributed by atoms with Gasteiger partial charge in [0.05, 0.1) is 13.7 Å². The van der Waals surface area contributed by atoms with E-state index in [1.165, 1.54) is 7.11 Å². The van der Waals surface area contributed by atoms with Crippen LogP contribution in [0.3, 0.4) is 0 Å². The van der Waals surface area contributed by atoms with Crippen LogP contribution in [0.5, 0.6) is 0 Å². The van der Waals surface area contributed by atoms with E-state index in [4.69, 9.17) is 16.3 Å². The van der Waals surface area contributed by atoms with Crippen LogP contribution in [0.15, 0.2) is 42.5 Å². The van der Waals surface area contributed by atoms with Gasteiger partial charge in [-0.1, -0.05) is 41.9 Å². The lowest BCUT2D eigenvalue weighted by Crippen LogP contribution is -2.49. The number of carbonyl (C=O) groups is 2. The number of halogens is 1. The van der Waals surface area contributed by atoms with Crippen LogP contribution < -0.4 is 5.32 Å². The average Bonchev–Trinajstić information content (AvgIpc) is 2.63. The lowest BCUT2D eigenvalue weighted by Gasteiger charge is -2.34. The lowest BCUT2D eigenvalue weighted by atomic mass is 9.94. The van der Waals surface area contributed by atoms with Crippen molar-refractivity contribution in [3.05, 3.63) is 64.2 Å². The highest BCUT2D eigenvalue weighted by atomic mass is 35.5. The van der Waals surface area contributed by atoms with Crippen molar-refractivity contribution in [3.63, 3.8) is 0 Å². The van der Waals surface area contributed by atoms with Gasteiger partial charge in [0.15, 0.2) is 0 Å². The molecular formula is C20H21ClN2O3. The van der Waals surface area contributed by atoms with E-state index in [9.17, 15) is 9.59 Å². The van der Waals surface area contributed by atoms with E-state index in [0.29, 0.717) is 23.7 Å².